The van der Waals surface area contributed by atoms with Crippen molar-refractivity contribution in [3.63, 3.8) is 0 Å². The Bertz CT molecular complexity index is 303. The lowest BCUT2D eigenvalue weighted by Gasteiger charge is -2.19. The highest BCUT2D eigenvalue weighted by Gasteiger charge is 2.08. The normalized spacial score (nSPS) is 17.2. The van der Waals surface area contributed by atoms with Crippen molar-refractivity contribution in [1.82, 2.24) is 4.90 Å². The summed E-state index contributed by atoms with van der Waals surface area (Å²) in [4.78, 5) is 2.60. The van der Waals surface area contributed by atoms with Crippen molar-refractivity contribution in [3.05, 3.63) is 29.8 Å². The van der Waals surface area contributed by atoms with Crippen LogP contribution in [0.1, 0.15) is 31.2 Å². The third kappa shape index (κ3) is 4.97. The van der Waals surface area contributed by atoms with Crippen LogP contribution >= 0.6 is 12.4 Å². The first kappa shape index (κ1) is 14.3. The van der Waals surface area contributed by atoms with E-state index in [4.69, 9.17) is 5.73 Å². The second-order valence-corrected chi connectivity index (χ2v) is 4.75. The second-order valence-electron chi connectivity index (χ2n) is 4.75. The number of nitrogens with zero attached hydrogens (tertiary/aromatic N) is 1. The molecule has 3 heteroatoms. The number of hydrogen-bond donors (Lipinski definition) is 1. The Labute approximate surface area is 111 Å². The van der Waals surface area contributed by atoms with Crippen LogP contribution in [0.2, 0.25) is 0 Å². The molecule has 1 aromatic rings. The molecule has 0 aliphatic carbocycles. The highest BCUT2D eigenvalue weighted by molar-refractivity contribution is 5.85. The number of hydrogen-bond acceptors (Lipinski definition) is 2. The molecule has 2 rings (SSSR count). The molecule has 2 nitrogen and oxygen atoms in total. The maximum atomic E-state index is 5.68. The average molecular weight is 255 g/mol. The van der Waals surface area contributed by atoms with Gasteiger partial charge in [0.05, 0.1) is 0 Å². The van der Waals surface area contributed by atoms with Gasteiger partial charge < -0.3 is 10.6 Å². The van der Waals surface area contributed by atoms with Crippen molar-refractivity contribution in [2.75, 3.05) is 25.4 Å². The van der Waals surface area contributed by atoms with Crippen LogP contribution in [0.25, 0.3) is 0 Å². The number of anilines is 1. The van der Waals surface area contributed by atoms with E-state index in [9.17, 15) is 0 Å². The largest absolute Gasteiger partial charge is 0.399 e. The summed E-state index contributed by atoms with van der Waals surface area (Å²) in [6, 6.07) is 8.29. The quantitative estimate of drug-likeness (QED) is 0.840. The maximum absolute atomic E-state index is 5.68. The number of halogens is 1. The minimum atomic E-state index is 0. The van der Waals surface area contributed by atoms with Gasteiger partial charge in [-0.25, -0.2) is 0 Å². The van der Waals surface area contributed by atoms with Gasteiger partial charge in [0, 0.05) is 12.2 Å². The van der Waals surface area contributed by atoms with Crippen LogP contribution < -0.4 is 5.73 Å². The number of rotatable bonds is 3. The van der Waals surface area contributed by atoms with Gasteiger partial charge in [0.25, 0.3) is 0 Å². The SMILES string of the molecule is Cl.Nc1ccc(CCN2CCCCCC2)cc1. The van der Waals surface area contributed by atoms with Gasteiger partial charge in [0.2, 0.25) is 0 Å². The van der Waals surface area contributed by atoms with Gasteiger partial charge in [0.1, 0.15) is 0 Å². The lowest BCUT2D eigenvalue weighted by atomic mass is 10.1. The number of likely N-dealkylation sites (tertiary alicyclic amines) is 1. The van der Waals surface area contributed by atoms with Gasteiger partial charge in [-0.3, -0.25) is 0 Å². The minimum absolute atomic E-state index is 0. The van der Waals surface area contributed by atoms with E-state index >= 15 is 0 Å². The zero-order valence-electron chi connectivity index (χ0n) is 10.4. The lowest BCUT2D eigenvalue weighted by Crippen LogP contribution is -2.26. The lowest BCUT2D eigenvalue weighted by molar-refractivity contribution is 0.289. The van der Waals surface area contributed by atoms with E-state index < -0.39 is 0 Å². The minimum Gasteiger partial charge on any atom is -0.399 e. The van der Waals surface area contributed by atoms with E-state index in [2.05, 4.69) is 17.0 Å². The summed E-state index contributed by atoms with van der Waals surface area (Å²) in [6.45, 7) is 3.77. The molecule has 0 aromatic heterocycles. The van der Waals surface area contributed by atoms with Crippen molar-refractivity contribution in [2.24, 2.45) is 0 Å². The van der Waals surface area contributed by atoms with E-state index in [1.165, 1.54) is 50.9 Å². The Morgan fingerprint density at radius 2 is 1.53 bits per heavy atom. The molecule has 0 atom stereocenters. The van der Waals surface area contributed by atoms with Gasteiger partial charge in [-0.1, -0.05) is 25.0 Å². The summed E-state index contributed by atoms with van der Waals surface area (Å²) in [7, 11) is 0. The van der Waals surface area contributed by atoms with Gasteiger partial charge in [0.15, 0.2) is 0 Å². The summed E-state index contributed by atoms with van der Waals surface area (Å²) in [5.74, 6) is 0. The van der Waals surface area contributed by atoms with Crippen LogP contribution in [0.3, 0.4) is 0 Å². The van der Waals surface area contributed by atoms with Crippen molar-refractivity contribution >= 4 is 18.1 Å². The van der Waals surface area contributed by atoms with Crippen molar-refractivity contribution < 1.29 is 0 Å². The Hall–Kier alpha value is -0.730. The van der Waals surface area contributed by atoms with E-state index in [-0.39, 0.29) is 12.4 Å². The average Bonchev–Trinajstić information content (AvgIpc) is 2.57. The van der Waals surface area contributed by atoms with E-state index in [1.807, 2.05) is 12.1 Å². The van der Waals surface area contributed by atoms with Gasteiger partial charge >= 0.3 is 0 Å². The number of nitrogen functional groups attached to an aromatic ring is 1. The maximum Gasteiger partial charge on any atom is 0.0314 e. The Kier molecular flexibility index (Phi) is 6.38. The molecule has 96 valence electrons. The molecule has 1 aliphatic rings. The van der Waals surface area contributed by atoms with Crippen LogP contribution in [0.4, 0.5) is 5.69 Å². The number of nitrogens with two attached hydrogens (primary N) is 1. The summed E-state index contributed by atoms with van der Waals surface area (Å²) in [5.41, 5.74) is 7.94. The molecule has 0 spiro atoms. The highest BCUT2D eigenvalue weighted by atomic mass is 35.5. The molecule has 1 fully saturated rings. The summed E-state index contributed by atoms with van der Waals surface area (Å²) in [5, 5.41) is 0. The molecule has 0 saturated carbocycles. The fraction of sp³-hybridized carbons (Fsp3) is 0.571. The Morgan fingerprint density at radius 3 is 2.12 bits per heavy atom. The zero-order chi connectivity index (χ0) is 11.2. The summed E-state index contributed by atoms with van der Waals surface area (Å²) >= 11 is 0. The third-order valence-electron chi connectivity index (χ3n) is 3.40. The molecule has 0 bridgehead atoms. The fourth-order valence-electron chi connectivity index (χ4n) is 2.33. The van der Waals surface area contributed by atoms with E-state index in [0.29, 0.717) is 0 Å². The third-order valence-corrected chi connectivity index (χ3v) is 3.40. The van der Waals surface area contributed by atoms with Gasteiger partial charge in [-0.2, -0.15) is 0 Å². The molecule has 1 heterocycles. The molecule has 0 unspecified atom stereocenters. The first-order valence-corrected chi connectivity index (χ1v) is 6.41. The van der Waals surface area contributed by atoms with Crippen LogP contribution in [0, 0.1) is 0 Å². The zero-order valence-corrected chi connectivity index (χ0v) is 11.2. The van der Waals surface area contributed by atoms with Crippen LogP contribution in [-0.4, -0.2) is 24.5 Å². The monoisotopic (exact) mass is 254 g/mol. The molecule has 2 N–H and O–H groups in total. The number of benzene rings is 1. The highest BCUT2D eigenvalue weighted by Crippen LogP contribution is 2.11. The molecule has 1 saturated heterocycles. The van der Waals surface area contributed by atoms with Crippen molar-refractivity contribution in [3.8, 4) is 0 Å². The standard InChI is InChI=1S/C14H22N2.ClH/c15-14-7-5-13(6-8-14)9-12-16-10-3-1-2-4-11-16;/h5-8H,1-4,9-12,15H2;1H. The second kappa shape index (κ2) is 7.57. The Morgan fingerprint density at radius 1 is 0.941 bits per heavy atom. The first-order valence-electron chi connectivity index (χ1n) is 6.41. The molecule has 17 heavy (non-hydrogen) atoms. The summed E-state index contributed by atoms with van der Waals surface area (Å²) < 4.78 is 0. The molecule has 0 radical (unpaired) electrons. The summed E-state index contributed by atoms with van der Waals surface area (Å²) in [6.07, 6.45) is 6.74. The van der Waals surface area contributed by atoms with E-state index in [1.54, 1.807) is 0 Å². The molecule has 1 aromatic carbocycles. The van der Waals surface area contributed by atoms with Crippen molar-refractivity contribution in [1.29, 1.82) is 0 Å². The predicted molar refractivity (Wildman–Crippen MR) is 76.7 cm³/mol. The molecular formula is C14H23ClN2. The Balaban J connectivity index is 0.00000144. The molecular weight excluding hydrogens is 232 g/mol. The molecule has 1 aliphatic heterocycles. The van der Waals surface area contributed by atoms with Gasteiger partial charge in [-0.05, 0) is 50.0 Å². The van der Waals surface area contributed by atoms with Crippen LogP contribution in [0.15, 0.2) is 24.3 Å². The van der Waals surface area contributed by atoms with Gasteiger partial charge in [-0.15, -0.1) is 12.4 Å². The van der Waals surface area contributed by atoms with Crippen molar-refractivity contribution in [2.45, 2.75) is 32.1 Å². The van der Waals surface area contributed by atoms with Crippen LogP contribution in [0.5, 0.6) is 0 Å². The van der Waals surface area contributed by atoms with Crippen LogP contribution in [-0.2, 0) is 6.42 Å². The fourth-order valence-corrected chi connectivity index (χ4v) is 2.33. The smallest absolute Gasteiger partial charge is 0.0314 e. The predicted octanol–water partition coefficient (Wildman–Crippen LogP) is 3.11. The molecule has 0 amide bonds. The first-order chi connectivity index (χ1) is 7.84. The topological polar surface area (TPSA) is 29.3 Å². The van der Waals surface area contributed by atoms with E-state index in [0.717, 1.165) is 12.1 Å².